The number of fused-ring (bicyclic) bond motifs is 1. The van der Waals surface area contributed by atoms with E-state index in [0.717, 1.165) is 11.3 Å². The van der Waals surface area contributed by atoms with E-state index in [1.807, 2.05) is 24.3 Å². The lowest BCUT2D eigenvalue weighted by molar-refractivity contribution is 0.305. The molecule has 3 heteroatoms. The molecule has 0 radical (unpaired) electrons. The van der Waals surface area contributed by atoms with Crippen molar-refractivity contribution in [2.75, 3.05) is 0 Å². The maximum absolute atomic E-state index is 5.91. The third kappa shape index (κ3) is 2.60. The number of thiophene rings is 1. The van der Waals surface area contributed by atoms with Gasteiger partial charge in [-0.15, -0.1) is 22.9 Å². The fourth-order valence-electron chi connectivity index (χ4n) is 2.06. The van der Waals surface area contributed by atoms with Crippen molar-refractivity contribution >= 4 is 33.0 Å². The Morgan fingerprint density at radius 3 is 2.63 bits per heavy atom. The smallest absolute Gasteiger partial charge is 0.124 e. The van der Waals surface area contributed by atoms with Crippen LogP contribution >= 0.6 is 22.9 Å². The molecule has 0 amide bonds. The summed E-state index contributed by atoms with van der Waals surface area (Å²) in [5.41, 5.74) is 2.26. The molecule has 1 heterocycles. The number of para-hydroxylation sites is 1. The minimum absolute atomic E-state index is 0.473. The largest absolute Gasteiger partial charge is 0.489 e. The Morgan fingerprint density at radius 2 is 1.74 bits per heavy atom. The third-order valence-corrected chi connectivity index (χ3v) is 4.36. The van der Waals surface area contributed by atoms with Gasteiger partial charge in [-0.1, -0.05) is 36.4 Å². The standard InChI is InChI=1S/C16H13ClOS/c17-9-12-5-1-3-7-15(12)18-10-13-11-19-16-8-4-2-6-14(13)16/h1-8,11H,9-10H2. The Kier molecular flexibility index (Phi) is 3.72. The van der Waals surface area contributed by atoms with E-state index in [9.17, 15) is 0 Å². The first kappa shape index (κ1) is 12.5. The Hall–Kier alpha value is -1.51. The van der Waals surface area contributed by atoms with Crippen LogP contribution in [0.3, 0.4) is 0 Å². The quantitative estimate of drug-likeness (QED) is 0.598. The molecule has 1 nitrogen and oxygen atoms in total. The molecule has 0 N–H and O–H groups in total. The summed E-state index contributed by atoms with van der Waals surface area (Å²) in [6, 6.07) is 16.3. The highest BCUT2D eigenvalue weighted by Crippen LogP contribution is 2.27. The predicted molar refractivity (Wildman–Crippen MR) is 82.2 cm³/mol. The van der Waals surface area contributed by atoms with Gasteiger partial charge in [-0.25, -0.2) is 0 Å². The average Bonchev–Trinajstić information content (AvgIpc) is 2.89. The second-order valence-electron chi connectivity index (χ2n) is 4.29. The van der Waals surface area contributed by atoms with Crippen LogP contribution in [0.15, 0.2) is 53.9 Å². The first-order valence-electron chi connectivity index (χ1n) is 6.10. The van der Waals surface area contributed by atoms with Gasteiger partial charge in [0, 0.05) is 15.8 Å². The van der Waals surface area contributed by atoms with Crippen molar-refractivity contribution in [2.24, 2.45) is 0 Å². The fourth-order valence-corrected chi connectivity index (χ4v) is 3.22. The number of rotatable bonds is 4. The maximum Gasteiger partial charge on any atom is 0.124 e. The van der Waals surface area contributed by atoms with Crippen LogP contribution in [-0.4, -0.2) is 0 Å². The van der Waals surface area contributed by atoms with Gasteiger partial charge in [-0.2, -0.15) is 0 Å². The molecule has 0 spiro atoms. The van der Waals surface area contributed by atoms with E-state index in [4.69, 9.17) is 16.3 Å². The van der Waals surface area contributed by atoms with Crippen molar-refractivity contribution in [1.82, 2.24) is 0 Å². The van der Waals surface area contributed by atoms with E-state index >= 15 is 0 Å². The minimum atomic E-state index is 0.473. The van der Waals surface area contributed by atoms with E-state index in [0.29, 0.717) is 12.5 Å². The SMILES string of the molecule is ClCc1ccccc1OCc1csc2ccccc12. The van der Waals surface area contributed by atoms with Gasteiger partial charge in [0.15, 0.2) is 0 Å². The molecule has 0 unspecified atom stereocenters. The van der Waals surface area contributed by atoms with Gasteiger partial charge in [0.25, 0.3) is 0 Å². The summed E-state index contributed by atoms with van der Waals surface area (Å²) in [4.78, 5) is 0. The molecule has 0 aliphatic rings. The molecular weight excluding hydrogens is 276 g/mol. The molecule has 0 fully saturated rings. The lowest BCUT2D eigenvalue weighted by Crippen LogP contribution is -1.96. The normalized spacial score (nSPS) is 10.8. The minimum Gasteiger partial charge on any atom is -0.489 e. The first-order chi connectivity index (χ1) is 9.38. The zero-order valence-corrected chi connectivity index (χ0v) is 11.9. The van der Waals surface area contributed by atoms with E-state index in [2.05, 4.69) is 29.6 Å². The zero-order valence-electron chi connectivity index (χ0n) is 10.3. The predicted octanol–water partition coefficient (Wildman–Crippen LogP) is 5.22. The second-order valence-corrected chi connectivity index (χ2v) is 5.47. The number of benzene rings is 2. The van der Waals surface area contributed by atoms with Crippen molar-refractivity contribution < 1.29 is 4.74 Å². The number of halogens is 1. The van der Waals surface area contributed by atoms with Gasteiger partial charge in [-0.3, -0.25) is 0 Å². The fraction of sp³-hybridized carbons (Fsp3) is 0.125. The third-order valence-electron chi connectivity index (χ3n) is 3.06. The highest BCUT2D eigenvalue weighted by molar-refractivity contribution is 7.17. The van der Waals surface area contributed by atoms with Gasteiger partial charge >= 0.3 is 0 Å². The summed E-state index contributed by atoms with van der Waals surface area (Å²) in [6.45, 7) is 0.581. The van der Waals surface area contributed by atoms with Gasteiger partial charge in [0.1, 0.15) is 12.4 Å². The summed E-state index contributed by atoms with van der Waals surface area (Å²) in [5.74, 6) is 1.34. The summed E-state index contributed by atoms with van der Waals surface area (Å²) in [5, 5.41) is 3.43. The van der Waals surface area contributed by atoms with Crippen LogP contribution < -0.4 is 4.74 Å². The van der Waals surface area contributed by atoms with Crippen LogP contribution in [0.1, 0.15) is 11.1 Å². The van der Waals surface area contributed by atoms with E-state index in [-0.39, 0.29) is 0 Å². The molecular formula is C16H13ClOS. The summed E-state index contributed by atoms with van der Waals surface area (Å²) in [6.07, 6.45) is 0. The second kappa shape index (κ2) is 5.64. The van der Waals surface area contributed by atoms with Crippen molar-refractivity contribution in [3.8, 4) is 5.75 Å². The zero-order chi connectivity index (χ0) is 13.1. The number of ether oxygens (including phenoxy) is 1. The molecule has 96 valence electrons. The van der Waals surface area contributed by atoms with E-state index in [1.165, 1.54) is 15.6 Å². The molecule has 2 aromatic carbocycles. The van der Waals surface area contributed by atoms with Crippen molar-refractivity contribution in [3.63, 3.8) is 0 Å². The van der Waals surface area contributed by atoms with Crippen LogP contribution in [-0.2, 0) is 12.5 Å². The van der Waals surface area contributed by atoms with Gasteiger partial charge < -0.3 is 4.74 Å². The first-order valence-corrected chi connectivity index (χ1v) is 7.51. The van der Waals surface area contributed by atoms with E-state index in [1.54, 1.807) is 11.3 Å². The Balaban J connectivity index is 1.82. The lowest BCUT2D eigenvalue weighted by atomic mass is 10.2. The molecule has 0 bridgehead atoms. The molecule has 0 atom stereocenters. The highest BCUT2D eigenvalue weighted by Gasteiger charge is 2.06. The van der Waals surface area contributed by atoms with Crippen LogP contribution in [0, 0.1) is 0 Å². The molecule has 3 aromatic rings. The Labute approximate surface area is 121 Å². The maximum atomic E-state index is 5.91. The van der Waals surface area contributed by atoms with Crippen LogP contribution in [0.2, 0.25) is 0 Å². The molecule has 1 aromatic heterocycles. The Bertz CT molecular complexity index is 690. The molecule has 0 saturated carbocycles. The lowest BCUT2D eigenvalue weighted by Gasteiger charge is -2.09. The summed E-state index contributed by atoms with van der Waals surface area (Å²) >= 11 is 7.66. The van der Waals surface area contributed by atoms with Crippen LogP contribution in [0.4, 0.5) is 0 Å². The van der Waals surface area contributed by atoms with Crippen molar-refractivity contribution in [3.05, 3.63) is 65.0 Å². The molecule has 0 saturated heterocycles. The van der Waals surface area contributed by atoms with Crippen molar-refractivity contribution in [1.29, 1.82) is 0 Å². The van der Waals surface area contributed by atoms with Gasteiger partial charge in [-0.05, 0) is 22.9 Å². The number of hydrogen-bond donors (Lipinski definition) is 0. The summed E-state index contributed by atoms with van der Waals surface area (Å²) < 4.78 is 7.20. The average molecular weight is 289 g/mol. The van der Waals surface area contributed by atoms with Gasteiger partial charge in [0.05, 0.1) is 5.88 Å². The Morgan fingerprint density at radius 1 is 0.947 bits per heavy atom. The topological polar surface area (TPSA) is 9.23 Å². The highest BCUT2D eigenvalue weighted by atomic mass is 35.5. The molecule has 19 heavy (non-hydrogen) atoms. The van der Waals surface area contributed by atoms with Crippen molar-refractivity contribution in [2.45, 2.75) is 12.5 Å². The number of hydrogen-bond acceptors (Lipinski definition) is 2. The van der Waals surface area contributed by atoms with Gasteiger partial charge in [0.2, 0.25) is 0 Å². The monoisotopic (exact) mass is 288 g/mol. The number of alkyl halides is 1. The molecule has 0 aliphatic heterocycles. The van der Waals surface area contributed by atoms with E-state index < -0.39 is 0 Å². The van der Waals surface area contributed by atoms with Crippen LogP contribution in [0.5, 0.6) is 5.75 Å². The summed E-state index contributed by atoms with van der Waals surface area (Å²) in [7, 11) is 0. The molecule has 3 rings (SSSR count). The molecule has 0 aliphatic carbocycles. The van der Waals surface area contributed by atoms with Crippen LogP contribution in [0.25, 0.3) is 10.1 Å².